The summed E-state index contributed by atoms with van der Waals surface area (Å²) in [6.45, 7) is -0.628. The summed E-state index contributed by atoms with van der Waals surface area (Å²) in [7, 11) is -3.76. The molecule has 144 valence electrons. The van der Waals surface area contributed by atoms with Crippen LogP contribution in [0, 0.1) is 0 Å². The Morgan fingerprint density at radius 1 is 0.963 bits per heavy atom. The molecule has 0 bridgehead atoms. The van der Waals surface area contributed by atoms with Crippen LogP contribution in [0.4, 0.5) is 0 Å². The Morgan fingerprint density at radius 3 is 2.07 bits per heavy atom. The first-order chi connectivity index (χ1) is 12.8. The van der Waals surface area contributed by atoms with Crippen LogP contribution in [0.3, 0.4) is 0 Å². The van der Waals surface area contributed by atoms with Crippen molar-refractivity contribution < 1.29 is 26.9 Å². The van der Waals surface area contributed by atoms with Crippen molar-refractivity contribution in [2.24, 2.45) is 0 Å². The Labute approximate surface area is 158 Å². The minimum atomic E-state index is -3.76. The predicted molar refractivity (Wildman–Crippen MR) is 99.1 cm³/mol. The van der Waals surface area contributed by atoms with E-state index in [2.05, 4.69) is 9.50 Å². The summed E-state index contributed by atoms with van der Waals surface area (Å²) < 4.78 is 31.8. The van der Waals surface area contributed by atoms with Gasteiger partial charge in [0.2, 0.25) is 5.91 Å². The maximum Gasteiger partial charge on any atom is 0.329 e. The number of nitrogens with one attached hydrogen (secondary N) is 1. The monoisotopic (exact) mass is 391 g/mol. The lowest BCUT2D eigenvalue weighted by atomic mass is 10.1. The molecule has 1 unspecified atom stereocenters. The topological polar surface area (TPSA) is 98.8 Å². The van der Waals surface area contributed by atoms with Crippen molar-refractivity contribution in [3.63, 3.8) is 0 Å². The standard InChI is InChI=1S/C19H21NO6S/c1-27(23,24)26-14-18(21)20-17(12-15-8-4-2-5-9-15)19(22)25-13-16-10-6-3-7-11-16/h2-11,17H,12-14H2,1H3,(H,20,21). The van der Waals surface area contributed by atoms with E-state index in [0.717, 1.165) is 17.4 Å². The molecule has 2 aromatic rings. The molecule has 7 nitrogen and oxygen atoms in total. The normalized spacial score (nSPS) is 12.2. The fraction of sp³-hybridized carbons (Fsp3) is 0.263. The molecule has 2 rings (SSSR count). The van der Waals surface area contributed by atoms with E-state index in [1.165, 1.54) is 0 Å². The van der Waals surface area contributed by atoms with Gasteiger partial charge in [0, 0.05) is 6.42 Å². The number of esters is 1. The van der Waals surface area contributed by atoms with Gasteiger partial charge >= 0.3 is 5.97 Å². The number of carbonyl (C=O) groups excluding carboxylic acids is 2. The summed E-state index contributed by atoms with van der Waals surface area (Å²) in [5.41, 5.74) is 1.64. The first kappa shape index (κ1) is 20.6. The smallest absolute Gasteiger partial charge is 0.329 e. The second-order valence-electron chi connectivity index (χ2n) is 5.87. The number of rotatable bonds is 9. The molecule has 0 heterocycles. The number of amides is 1. The third kappa shape index (κ3) is 8.02. The fourth-order valence-corrected chi connectivity index (χ4v) is 2.59. The summed E-state index contributed by atoms with van der Waals surface area (Å²) in [5, 5.41) is 2.47. The molecule has 0 aromatic heterocycles. The Bertz CT molecular complexity index is 852. The van der Waals surface area contributed by atoms with Crippen LogP contribution in [0.1, 0.15) is 11.1 Å². The van der Waals surface area contributed by atoms with Crippen molar-refractivity contribution in [3.8, 4) is 0 Å². The molecule has 0 aliphatic carbocycles. The highest BCUT2D eigenvalue weighted by atomic mass is 32.2. The SMILES string of the molecule is CS(=O)(=O)OCC(=O)NC(Cc1ccccc1)C(=O)OCc1ccccc1. The molecule has 0 radical (unpaired) electrons. The Kier molecular flexibility index (Phi) is 7.51. The van der Waals surface area contributed by atoms with E-state index >= 15 is 0 Å². The molecular weight excluding hydrogens is 370 g/mol. The van der Waals surface area contributed by atoms with E-state index in [9.17, 15) is 18.0 Å². The van der Waals surface area contributed by atoms with Crippen LogP contribution in [0.25, 0.3) is 0 Å². The van der Waals surface area contributed by atoms with Crippen molar-refractivity contribution in [2.75, 3.05) is 12.9 Å². The van der Waals surface area contributed by atoms with E-state index in [0.29, 0.717) is 0 Å². The Hall–Kier alpha value is -2.71. The molecule has 0 aliphatic heterocycles. The second-order valence-corrected chi connectivity index (χ2v) is 7.51. The van der Waals surface area contributed by atoms with Gasteiger partial charge in [-0.3, -0.25) is 8.98 Å². The second kappa shape index (κ2) is 9.84. The largest absolute Gasteiger partial charge is 0.459 e. The lowest BCUT2D eigenvalue weighted by Crippen LogP contribution is -2.45. The van der Waals surface area contributed by atoms with E-state index < -0.39 is 34.6 Å². The lowest BCUT2D eigenvalue weighted by molar-refractivity contribution is -0.149. The van der Waals surface area contributed by atoms with Gasteiger partial charge in [-0.1, -0.05) is 60.7 Å². The number of carbonyl (C=O) groups is 2. The average molecular weight is 391 g/mol. The van der Waals surface area contributed by atoms with E-state index in [4.69, 9.17) is 4.74 Å². The van der Waals surface area contributed by atoms with Crippen molar-refractivity contribution in [1.82, 2.24) is 5.32 Å². The molecule has 1 atom stereocenters. The molecule has 1 amide bonds. The van der Waals surface area contributed by atoms with E-state index in [1.54, 1.807) is 0 Å². The minimum absolute atomic E-state index is 0.0701. The van der Waals surface area contributed by atoms with Crippen molar-refractivity contribution in [1.29, 1.82) is 0 Å². The summed E-state index contributed by atoms with van der Waals surface area (Å²) in [6.07, 6.45) is 1.05. The molecule has 0 fully saturated rings. The zero-order valence-electron chi connectivity index (χ0n) is 14.8. The highest BCUT2D eigenvalue weighted by Gasteiger charge is 2.23. The first-order valence-corrected chi connectivity index (χ1v) is 10.0. The molecule has 0 spiro atoms. The van der Waals surface area contributed by atoms with Crippen LogP contribution in [0.15, 0.2) is 60.7 Å². The van der Waals surface area contributed by atoms with Crippen LogP contribution < -0.4 is 5.32 Å². The van der Waals surface area contributed by atoms with Gasteiger partial charge in [0.25, 0.3) is 10.1 Å². The molecule has 0 saturated heterocycles. The molecule has 0 saturated carbocycles. The Morgan fingerprint density at radius 2 is 1.52 bits per heavy atom. The van der Waals surface area contributed by atoms with Crippen molar-refractivity contribution in [3.05, 3.63) is 71.8 Å². The summed E-state index contributed by atoms with van der Waals surface area (Å²) in [5.74, 6) is -1.34. The van der Waals surface area contributed by atoms with Gasteiger partial charge in [-0.15, -0.1) is 0 Å². The number of benzene rings is 2. The third-order valence-corrected chi connectivity index (χ3v) is 4.08. The lowest BCUT2D eigenvalue weighted by Gasteiger charge is -2.18. The van der Waals surface area contributed by atoms with Gasteiger partial charge in [0.05, 0.1) is 6.26 Å². The van der Waals surface area contributed by atoms with Crippen LogP contribution in [0.5, 0.6) is 0 Å². The average Bonchev–Trinajstić information content (AvgIpc) is 2.65. The molecule has 1 N–H and O–H groups in total. The zero-order valence-corrected chi connectivity index (χ0v) is 15.6. The van der Waals surface area contributed by atoms with Gasteiger partial charge in [-0.2, -0.15) is 8.42 Å². The van der Waals surface area contributed by atoms with Gasteiger partial charge in [0.15, 0.2) is 0 Å². The maximum absolute atomic E-state index is 12.5. The van der Waals surface area contributed by atoms with Crippen LogP contribution in [0.2, 0.25) is 0 Å². The van der Waals surface area contributed by atoms with Crippen LogP contribution in [-0.4, -0.2) is 39.2 Å². The minimum Gasteiger partial charge on any atom is -0.459 e. The number of hydrogen-bond donors (Lipinski definition) is 1. The number of ether oxygens (including phenoxy) is 1. The highest BCUT2D eigenvalue weighted by molar-refractivity contribution is 7.86. The zero-order chi connectivity index (χ0) is 19.7. The molecule has 2 aromatic carbocycles. The van der Waals surface area contributed by atoms with Crippen LogP contribution >= 0.6 is 0 Å². The van der Waals surface area contributed by atoms with E-state index in [-0.39, 0.29) is 13.0 Å². The maximum atomic E-state index is 12.5. The van der Waals surface area contributed by atoms with Gasteiger partial charge in [0.1, 0.15) is 19.3 Å². The van der Waals surface area contributed by atoms with E-state index in [1.807, 2.05) is 60.7 Å². The van der Waals surface area contributed by atoms with Gasteiger partial charge in [-0.05, 0) is 11.1 Å². The first-order valence-electron chi connectivity index (χ1n) is 8.22. The fourth-order valence-electron chi connectivity index (χ4n) is 2.27. The Balaban J connectivity index is 2.01. The summed E-state index contributed by atoms with van der Waals surface area (Å²) >= 11 is 0. The molecule has 27 heavy (non-hydrogen) atoms. The third-order valence-electron chi connectivity index (χ3n) is 3.53. The highest BCUT2D eigenvalue weighted by Crippen LogP contribution is 2.07. The summed E-state index contributed by atoms with van der Waals surface area (Å²) in [4.78, 5) is 24.4. The molecule has 0 aliphatic rings. The van der Waals surface area contributed by atoms with Crippen molar-refractivity contribution >= 4 is 22.0 Å². The van der Waals surface area contributed by atoms with Crippen molar-refractivity contribution in [2.45, 2.75) is 19.1 Å². The van der Waals surface area contributed by atoms with Gasteiger partial charge in [-0.25, -0.2) is 4.79 Å². The quantitative estimate of drug-likeness (QED) is 0.513. The summed E-state index contributed by atoms with van der Waals surface area (Å²) in [6, 6.07) is 17.3. The molecule has 8 heteroatoms. The van der Waals surface area contributed by atoms with Gasteiger partial charge < -0.3 is 10.1 Å². The number of hydrogen-bond acceptors (Lipinski definition) is 6. The molecular formula is C19H21NO6S. The van der Waals surface area contributed by atoms with Crippen LogP contribution in [-0.2, 0) is 41.7 Å². The predicted octanol–water partition coefficient (Wildman–Crippen LogP) is 1.43.